The number of hydrogen-bond donors (Lipinski definition) is 2. The predicted molar refractivity (Wildman–Crippen MR) is 88.7 cm³/mol. The second-order valence-corrected chi connectivity index (χ2v) is 6.65. The number of rotatable bonds is 4. The molecule has 0 radical (unpaired) electrons. The van der Waals surface area contributed by atoms with Crippen molar-refractivity contribution in [2.75, 3.05) is 11.9 Å². The molecule has 1 aliphatic rings. The van der Waals surface area contributed by atoms with Crippen molar-refractivity contribution >= 4 is 40.2 Å². The highest BCUT2D eigenvalue weighted by molar-refractivity contribution is 6.42. The van der Waals surface area contributed by atoms with Crippen LogP contribution in [0.2, 0.25) is 10.0 Å². The Balaban J connectivity index is 2.10. The number of anilines is 1. The van der Waals surface area contributed by atoms with Crippen molar-refractivity contribution in [2.24, 2.45) is 0 Å². The summed E-state index contributed by atoms with van der Waals surface area (Å²) in [7, 11) is 0. The average molecular weight is 344 g/mol. The molecule has 22 heavy (non-hydrogen) atoms. The molecule has 0 aliphatic carbocycles. The van der Waals surface area contributed by atoms with Crippen molar-refractivity contribution in [1.82, 2.24) is 9.55 Å². The van der Waals surface area contributed by atoms with Gasteiger partial charge in [-0.1, -0.05) is 23.2 Å². The summed E-state index contributed by atoms with van der Waals surface area (Å²) in [6.45, 7) is 4.13. The lowest BCUT2D eigenvalue weighted by Gasteiger charge is -2.19. The zero-order chi connectivity index (χ0) is 15.9. The van der Waals surface area contributed by atoms with Gasteiger partial charge >= 0.3 is 0 Å². The monoisotopic (exact) mass is 343 g/mol. The van der Waals surface area contributed by atoms with Gasteiger partial charge in [0, 0.05) is 6.04 Å². The first-order chi connectivity index (χ1) is 10.5. The first-order valence-electron chi connectivity index (χ1n) is 7.39. The van der Waals surface area contributed by atoms with Gasteiger partial charge in [-0.2, -0.15) is 0 Å². The first kappa shape index (κ1) is 15.9. The summed E-state index contributed by atoms with van der Waals surface area (Å²) in [5.41, 5.74) is 1.65. The number of imidazole rings is 1. The van der Waals surface area contributed by atoms with Crippen LogP contribution in [0.3, 0.4) is 0 Å². The van der Waals surface area contributed by atoms with E-state index < -0.39 is 0 Å². The molecule has 1 aliphatic heterocycles. The molecular weight excluding hydrogens is 325 g/mol. The van der Waals surface area contributed by atoms with Gasteiger partial charge < -0.3 is 15.2 Å². The third-order valence-corrected chi connectivity index (χ3v) is 4.45. The van der Waals surface area contributed by atoms with Crippen molar-refractivity contribution in [3.63, 3.8) is 0 Å². The molecule has 1 fully saturated rings. The van der Waals surface area contributed by atoms with Gasteiger partial charge in [0.15, 0.2) is 0 Å². The summed E-state index contributed by atoms with van der Waals surface area (Å²) < 4.78 is 7.92. The summed E-state index contributed by atoms with van der Waals surface area (Å²) in [6, 6.07) is 3.81. The molecule has 2 atom stereocenters. The molecule has 2 aromatic rings. The number of nitrogens with one attached hydrogen (secondary N) is 1. The molecule has 0 spiro atoms. The maximum absolute atomic E-state index is 9.29. The summed E-state index contributed by atoms with van der Waals surface area (Å²) in [6.07, 6.45) is 1.35. The van der Waals surface area contributed by atoms with Gasteiger partial charge in [-0.25, -0.2) is 4.98 Å². The fourth-order valence-corrected chi connectivity index (χ4v) is 3.07. The van der Waals surface area contributed by atoms with E-state index in [4.69, 9.17) is 27.9 Å². The van der Waals surface area contributed by atoms with Crippen LogP contribution < -0.4 is 5.32 Å². The number of fused-ring (bicyclic) bond motifs is 1. The van der Waals surface area contributed by atoms with E-state index in [1.807, 2.05) is 10.6 Å². The molecule has 1 saturated heterocycles. The van der Waals surface area contributed by atoms with Gasteiger partial charge in [-0.3, -0.25) is 4.57 Å². The Labute approximate surface area is 139 Å². The third kappa shape index (κ3) is 2.91. The van der Waals surface area contributed by atoms with Crippen LogP contribution >= 0.6 is 23.2 Å². The zero-order valence-electron chi connectivity index (χ0n) is 12.5. The van der Waals surface area contributed by atoms with Gasteiger partial charge in [-0.05, 0) is 38.8 Å². The van der Waals surface area contributed by atoms with Crippen LogP contribution in [-0.2, 0) is 4.74 Å². The highest BCUT2D eigenvalue weighted by atomic mass is 35.5. The van der Waals surface area contributed by atoms with Crippen molar-refractivity contribution in [3.05, 3.63) is 22.2 Å². The van der Waals surface area contributed by atoms with E-state index in [-0.39, 0.29) is 25.0 Å². The first-order valence-corrected chi connectivity index (χ1v) is 8.15. The molecule has 0 bridgehead atoms. The summed E-state index contributed by atoms with van der Waals surface area (Å²) in [4.78, 5) is 4.62. The fraction of sp³-hybridized carbons (Fsp3) is 0.533. The quantitative estimate of drug-likeness (QED) is 0.885. The van der Waals surface area contributed by atoms with Crippen molar-refractivity contribution in [3.8, 4) is 0 Å². The highest BCUT2D eigenvalue weighted by Crippen LogP contribution is 2.36. The average Bonchev–Trinajstić information content (AvgIpc) is 3.03. The Bertz CT molecular complexity index is 687. The van der Waals surface area contributed by atoms with Gasteiger partial charge in [0.2, 0.25) is 5.95 Å². The Morgan fingerprint density at radius 3 is 2.73 bits per heavy atom. The smallest absolute Gasteiger partial charge is 0.206 e. The topological polar surface area (TPSA) is 59.3 Å². The number of aliphatic hydroxyl groups excluding tert-OH is 1. The van der Waals surface area contributed by atoms with Gasteiger partial charge in [0.1, 0.15) is 6.23 Å². The standard InChI is InChI=1S/C15H19Cl2N3O2/c1-8(2)18-15-19-12-5-10(16)11(17)6-13(12)20(15)14-4-3-9(7-21)22-14/h5-6,8-9,14,21H,3-4,7H2,1-2H3,(H,18,19)/t9-,14+/m1/s1. The van der Waals surface area contributed by atoms with Crippen LogP contribution in [0.25, 0.3) is 11.0 Å². The summed E-state index contributed by atoms with van der Waals surface area (Å²) in [5.74, 6) is 0.729. The lowest BCUT2D eigenvalue weighted by Crippen LogP contribution is -2.19. The van der Waals surface area contributed by atoms with E-state index in [9.17, 15) is 5.11 Å². The molecule has 0 saturated carbocycles. The van der Waals surface area contributed by atoms with E-state index >= 15 is 0 Å². The second kappa shape index (κ2) is 6.24. The molecule has 1 aromatic carbocycles. The Hall–Kier alpha value is -1.01. The van der Waals surface area contributed by atoms with Gasteiger partial charge in [-0.15, -0.1) is 0 Å². The number of aliphatic hydroxyl groups is 1. The summed E-state index contributed by atoms with van der Waals surface area (Å²) in [5, 5.41) is 13.6. The van der Waals surface area contributed by atoms with Crippen LogP contribution in [0.4, 0.5) is 5.95 Å². The Morgan fingerprint density at radius 1 is 1.36 bits per heavy atom. The van der Waals surface area contributed by atoms with E-state index in [1.165, 1.54) is 0 Å². The van der Waals surface area contributed by atoms with Crippen molar-refractivity contribution in [1.29, 1.82) is 0 Å². The maximum Gasteiger partial charge on any atom is 0.206 e. The van der Waals surface area contributed by atoms with Crippen molar-refractivity contribution in [2.45, 2.75) is 45.1 Å². The number of aromatic nitrogens is 2. The van der Waals surface area contributed by atoms with Crippen molar-refractivity contribution < 1.29 is 9.84 Å². The number of ether oxygens (including phenoxy) is 1. The van der Waals surface area contributed by atoms with E-state index in [2.05, 4.69) is 24.1 Å². The van der Waals surface area contributed by atoms with Crippen LogP contribution in [-0.4, -0.2) is 33.4 Å². The molecule has 0 amide bonds. The Kier molecular flexibility index (Phi) is 4.50. The largest absolute Gasteiger partial charge is 0.394 e. The number of hydrogen-bond acceptors (Lipinski definition) is 4. The minimum atomic E-state index is -0.166. The van der Waals surface area contributed by atoms with Crippen LogP contribution in [0.15, 0.2) is 12.1 Å². The minimum Gasteiger partial charge on any atom is -0.394 e. The number of nitrogens with zero attached hydrogens (tertiary/aromatic N) is 2. The predicted octanol–water partition coefficient (Wildman–Crippen LogP) is 3.83. The number of benzene rings is 1. The summed E-state index contributed by atoms with van der Waals surface area (Å²) >= 11 is 12.3. The molecule has 5 nitrogen and oxygen atoms in total. The third-order valence-electron chi connectivity index (χ3n) is 3.73. The van der Waals surface area contributed by atoms with Crippen LogP contribution in [0.1, 0.15) is 32.9 Å². The highest BCUT2D eigenvalue weighted by Gasteiger charge is 2.29. The Morgan fingerprint density at radius 2 is 2.09 bits per heavy atom. The molecule has 0 unspecified atom stereocenters. The second-order valence-electron chi connectivity index (χ2n) is 5.83. The molecule has 2 N–H and O–H groups in total. The molecule has 7 heteroatoms. The van der Waals surface area contributed by atoms with Crippen LogP contribution in [0.5, 0.6) is 0 Å². The minimum absolute atomic E-state index is 0.0304. The van der Waals surface area contributed by atoms with E-state index in [0.29, 0.717) is 10.0 Å². The van der Waals surface area contributed by atoms with Crippen LogP contribution in [0, 0.1) is 0 Å². The molecule has 1 aromatic heterocycles. The maximum atomic E-state index is 9.29. The zero-order valence-corrected chi connectivity index (χ0v) is 14.0. The van der Waals surface area contributed by atoms with E-state index in [0.717, 1.165) is 29.8 Å². The molecule has 120 valence electrons. The lowest BCUT2D eigenvalue weighted by molar-refractivity contribution is -0.0195. The normalized spacial score (nSPS) is 21.9. The molecule has 2 heterocycles. The number of halogens is 2. The lowest BCUT2D eigenvalue weighted by atomic mass is 10.2. The van der Waals surface area contributed by atoms with E-state index in [1.54, 1.807) is 6.07 Å². The van der Waals surface area contributed by atoms with Gasteiger partial charge in [0.05, 0.1) is 33.8 Å². The fourth-order valence-electron chi connectivity index (χ4n) is 2.75. The SMILES string of the molecule is CC(C)Nc1nc2cc(Cl)c(Cl)cc2n1[C@@H]1CC[C@H](CO)O1. The van der Waals surface area contributed by atoms with Gasteiger partial charge in [0.25, 0.3) is 0 Å². The molecule has 3 rings (SSSR count). The molecular formula is C15H19Cl2N3O2.